The van der Waals surface area contributed by atoms with Gasteiger partial charge in [0.2, 0.25) is 0 Å². The molecule has 2 rings (SSSR count). The topological polar surface area (TPSA) is 9.23 Å². The molecule has 0 N–H and O–H groups in total. The molecule has 7 heteroatoms. The molecule has 134 valence electrons. The summed E-state index contributed by atoms with van der Waals surface area (Å²) in [7, 11) is 0. The third-order valence-electron chi connectivity index (χ3n) is 4.12. The highest BCUT2D eigenvalue weighted by Crippen LogP contribution is 2.33. The Balaban J connectivity index is 1.86. The number of halogens is 6. The minimum atomic E-state index is -4.95. The van der Waals surface area contributed by atoms with Gasteiger partial charge in [0.25, 0.3) is 0 Å². The molecule has 0 amide bonds. The van der Waals surface area contributed by atoms with E-state index in [0.29, 0.717) is 37.3 Å². The quantitative estimate of drug-likeness (QED) is 0.626. The van der Waals surface area contributed by atoms with E-state index < -0.39 is 29.6 Å². The Hall–Kier alpha value is -1.50. The largest absolute Gasteiger partial charge is 0.442 e. The van der Waals surface area contributed by atoms with Gasteiger partial charge in [-0.1, -0.05) is 0 Å². The first-order valence-corrected chi connectivity index (χ1v) is 7.67. The third-order valence-corrected chi connectivity index (χ3v) is 4.12. The second kappa shape index (κ2) is 7.59. The van der Waals surface area contributed by atoms with Crippen molar-refractivity contribution in [3.8, 4) is 0 Å². The lowest BCUT2D eigenvalue weighted by molar-refractivity contribution is -0.109. The van der Waals surface area contributed by atoms with Gasteiger partial charge in [-0.15, -0.1) is 0 Å². The lowest BCUT2D eigenvalue weighted by atomic mass is 9.87. The lowest BCUT2D eigenvalue weighted by Gasteiger charge is -2.27. The number of rotatable bonds is 4. The van der Waals surface area contributed by atoms with E-state index in [1.807, 2.05) is 0 Å². The van der Waals surface area contributed by atoms with Crippen molar-refractivity contribution >= 4 is 0 Å². The van der Waals surface area contributed by atoms with Crippen molar-refractivity contribution in [2.45, 2.75) is 51.5 Å². The highest BCUT2D eigenvalue weighted by atomic mass is 19.4. The minimum absolute atomic E-state index is 0.161. The lowest BCUT2D eigenvalue weighted by Crippen LogP contribution is -2.22. The van der Waals surface area contributed by atoms with Crippen LogP contribution in [0.2, 0.25) is 0 Å². The van der Waals surface area contributed by atoms with Gasteiger partial charge in [0.1, 0.15) is 11.6 Å². The van der Waals surface area contributed by atoms with Crippen LogP contribution in [0.5, 0.6) is 0 Å². The molecule has 24 heavy (non-hydrogen) atoms. The summed E-state index contributed by atoms with van der Waals surface area (Å²) in [5.41, 5.74) is 0.304. The molecule has 0 saturated heterocycles. The number of aryl methyl sites for hydroxylation is 1. The second-order valence-corrected chi connectivity index (χ2v) is 6.07. The van der Waals surface area contributed by atoms with Crippen LogP contribution in [-0.2, 0) is 11.3 Å². The van der Waals surface area contributed by atoms with Crippen molar-refractivity contribution in [2.75, 3.05) is 0 Å². The summed E-state index contributed by atoms with van der Waals surface area (Å²) in [6.45, 7) is 1.34. The van der Waals surface area contributed by atoms with Crippen LogP contribution in [-0.4, -0.2) is 12.3 Å². The molecule has 0 unspecified atom stereocenters. The Kier molecular flexibility index (Phi) is 5.96. The molecular formula is C17H18F6O. The fourth-order valence-corrected chi connectivity index (χ4v) is 2.79. The van der Waals surface area contributed by atoms with E-state index in [9.17, 15) is 26.3 Å². The predicted molar refractivity (Wildman–Crippen MR) is 76.9 cm³/mol. The van der Waals surface area contributed by atoms with Crippen molar-refractivity contribution in [2.24, 2.45) is 5.92 Å². The van der Waals surface area contributed by atoms with E-state index >= 15 is 0 Å². The Bertz CT molecular complexity index is 577. The molecule has 0 atom stereocenters. The summed E-state index contributed by atoms with van der Waals surface area (Å²) in [5, 5.41) is 0. The van der Waals surface area contributed by atoms with E-state index in [-0.39, 0.29) is 18.3 Å². The van der Waals surface area contributed by atoms with Crippen LogP contribution in [0.4, 0.5) is 26.3 Å². The third kappa shape index (κ3) is 5.00. The van der Waals surface area contributed by atoms with Crippen LogP contribution in [0.1, 0.15) is 36.8 Å². The summed E-state index contributed by atoms with van der Waals surface area (Å²) >= 11 is 0. The maximum atomic E-state index is 13.7. The number of hydrogen-bond donors (Lipinski definition) is 0. The molecule has 0 aliphatic heterocycles. The summed E-state index contributed by atoms with van der Waals surface area (Å²) < 4.78 is 82.3. The van der Waals surface area contributed by atoms with Crippen molar-refractivity contribution in [3.05, 3.63) is 46.8 Å². The zero-order valence-corrected chi connectivity index (χ0v) is 13.1. The van der Waals surface area contributed by atoms with Gasteiger partial charge < -0.3 is 4.74 Å². The average Bonchev–Trinajstić information content (AvgIpc) is 2.46. The second-order valence-electron chi connectivity index (χ2n) is 6.07. The summed E-state index contributed by atoms with van der Waals surface area (Å²) in [6.07, 6.45) is -3.13. The normalized spacial score (nSPS) is 22.7. The van der Waals surface area contributed by atoms with Crippen LogP contribution < -0.4 is 0 Å². The molecule has 0 heterocycles. The molecule has 1 aromatic rings. The van der Waals surface area contributed by atoms with Crippen LogP contribution in [0.25, 0.3) is 0 Å². The standard InChI is InChI=1S/C17H18F6O/c1-10-6-14(18)13(15(19)7-10)9-24-12-4-2-11(3-5-12)8-16(20)17(21,22)23/h6-8,11-12H,2-5,9H2,1H3. The van der Waals surface area contributed by atoms with Crippen LogP contribution in [0, 0.1) is 24.5 Å². The van der Waals surface area contributed by atoms with Crippen LogP contribution >= 0.6 is 0 Å². The molecule has 1 saturated carbocycles. The first kappa shape index (κ1) is 18.8. The van der Waals surface area contributed by atoms with Crippen molar-refractivity contribution in [1.82, 2.24) is 0 Å². The summed E-state index contributed by atoms with van der Waals surface area (Å²) in [4.78, 5) is 0. The Morgan fingerprint density at radius 1 is 1.12 bits per heavy atom. The Morgan fingerprint density at radius 3 is 2.17 bits per heavy atom. The highest BCUT2D eigenvalue weighted by molar-refractivity contribution is 5.24. The van der Waals surface area contributed by atoms with Crippen molar-refractivity contribution in [3.63, 3.8) is 0 Å². The summed E-state index contributed by atoms with van der Waals surface area (Å²) in [6, 6.07) is 2.42. The average molecular weight is 352 g/mol. The maximum absolute atomic E-state index is 13.7. The van der Waals surface area contributed by atoms with Gasteiger partial charge in [-0.25, -0.2) is 13.2 Å². The molecule has 0 bridgehead atoms. The molecule has 1 fully saturated rings. The number of benzene rings is 1. The molecule has 0 radical (unpaired) electrons. The Morgan fingerprint density at radius 2 is 1.67 bits per heavy atom. The highest BCUT2D eigenvalue weighted by Gasteiger charge is 2.35. The fraction of sp³-hybridized carbons (Fsp3) is 0.529. The Labute approximate surface area is 136 Å². The van der Waals surface area contributed by atoms with Gasteiger partial charge in [-0.05, 0) is 62.3 Å². The zero-order chi connectivity index (χ0) is 17.9. The first-order chi connectivity index (χ1) is 11.2. The van der Waals surface area contributed by atoms with Crippen molar-refractivity contribution < 1.29 is 31.1 Å². The van der Waals surface area contributed by atoms with Gasteiger partial charge in [-0.3, -0.25) is 0 Å². The van der Waals surface area contributed by atoms with Gasteiger partial charge in [0, 0.05) is 5.56 Å². The minimum Gasteiger partial charge on any atom is -0.373 e. The van der Waals surface area contributed by atoms with Crippen LogP contribution in [0.15, 0.2) is 24.0 Å². The molecule has 0 aromatic heterocycles. The molecular weight excluding hydrogens is 334 g/mol. The van der Waals surface area contributed by atoms with E-state index in [2.05, 4.69) is 0 Å². The molecule has 1 nitrogen and oxygen atoms in total. The fourth-order valence-electron chi connectivity index (χ4n) is 2.79. The van der Waals surface area contributed by atoms with E-state index in [4.69, 9.17) is 4.74 Å². The number of hydrogen-bond acceptors (Lipinski definition) is 1. The monoisotopic (exact) mass is 352 g/mol. The molecule has 1 aromatic carbocycles. The van der Waals surface area contributed by atoms with E-state index in [1.54, 1.807) is 6.92 Å². The van der Waals surface area contributed by atoms with Crippen LogP contribution in [0.3, 0.4) is 0 Å². The van der Waals surface area contributed by atoms with Gasteiger partial charge in [0.15, 0.2) is 5.83 Å². The smallest absolute Gasteiger partial charge is 0.373 e. The van der Waals surface area contributed by atoms with E-state index in [1.165, 1.54) is 12.1 Å². The van der Waals surface area contributed by atoms with Gasteiger partial charge >= 0.3 is 6.18 Å². The SMILES string of the molecule is Cc1cc(F)c(COC2CCC(C=C(F)C(F)(F)F)CC2)c(F)c1. The molecule has 0 spiro atoms. The number of ether oxygens (including phenoxy) is 1. The first-order valence-electron chi connectivity index (χ1n) is 7.67. The molecule has 1 aliphatic rings. The van der Waals surface area contributed by atoms with Gasteiger partial charge in [-0.2, -0.15) is 13.2 Å². The van der Waals surface area contributed by atoms with E-state index in [0.717, 1.165) is 0 Å². The summed E-state index contributed by atoms with van der Waals surface area (Å²) in [5.74, 6) is -3.94. The number of alkyl halides is 3. The molecule has 1 aliphatic carbocycles. The predicted octanol–water partition coefficient (Wildman–Crippen LogP) is 5.76. The van der Waals surface area contributed by atoms with Crippen molar-refractivity contribution in [1.29, 1.82) is 0 Å². The number of allylic oxidation sites excluding steroid dienone is 2. The van der Waals surface area contributed by atoms with Gasteiger partial charge in [0.05, 0.1) is 12.7 Å². The maximum Gasteiger partial charge on any atom is 0.442 e. The zero-order valence-electron chi connectivity index (χ0n) is 13.1.